The van der Waals surface area contributed by atoms with Crippen LogP contribution in [-0.2, 0) is 6.54 Å². The number of rotatable bonds is 9. The number of hydrogen-bond acceptors (Lipinski definition) is 7. The van der Waals surface area contributed by atoms with Gasteiger partial charge in [0.2, 0.25) is 5.95 Å². The van der Waals surface area contributed by atoms with Crippen LogP contribution in [-0.4, -0.2) is 33.1 Å². The molecule has 3 rings (SSSR count). The third kappa shape index (κ3) is 4.13. The number of methoxy groups -OCH3 is 1. The van der Waals surface area contributed by atoms with Gasteiger partial charge in [0.1, 0.15) is 11.3 Å². The maximum absolute atomic E-state index is 11.1. The summed E-state index contributed by atoms with van der Waals surface area (Å²) in [7, 11) is 1.54. The lowest BCUT2D eigenvalue weighted by Gasteiger charge is -2.13. The number of nitro groups is 1. The highest BCUT2D eigenvalue weighted by Gasteiger charge is 2.15. The average molecular weight is 384 g/mol. The summed E-state index contributed by atoms with van der Waals surface area (Å²) in [5.41, 5.74) is 8.09. The molecule has 2 heterocycles. The van der Waals surface area contributed by atoms with Gasteiger partial charge in [0.15, 0.2) is 5.82 Å². The zero-order chi connectivity index (χ0) is 20.1. The van der Waals surface area contributed by atoms with Crippen LogP contribution >= 0.6 is 0 Å². The smallest absolute Gasteiger partial charge is 0.270 e. The zero-order valence-corrected chi connectivity index (χ0v) is 16.0. The van der Waals surface area contributed by atoms with E-state index in [-0.39, 0.29) is 11.6 Å². The Morgan fingerprint density at radius 2 is 2.11 bits per heavy atom. The van der Waals surface area contributed by atoms with Gasteiger partial charge in [0.05, 0.1) is 24.1 Å². The van der Waals surface area contributed by atoms with E-state index in [9.17, 15) is 10.1 Å². The number of nitrogen functional groups attached to an aromatic ring is 1. The number of hydrogen-bond donors (Lipinski definition) is 2. The van der Waals surface area contributed by atoms with Crippen LogP contribution in [0.15, 0.2) is 30.5 Å². The van der Waals surface area contributed by atoms with Crippen molar-refractivity contribution in [3.63, 3.8) is 0 Å². The van der Waals surface area contributed by atoms with Crippen molar-refractivity contribution >= 4 is 28.5 Å². The van der Waals surface area contributed by atoms with Gasteiger partial charge < -0.3 is 20.4 Å². The van der Waals surface area contributed by atoms with E-state index in [1.807, 2.05) is 16.8 Å². The number of anilines is 2. The van der Waals surface area contributed by atoms with Gasteiger partial charge in [0, 0.05) is 30.4 Å². The third-order valence-electron chi connectivity index (χ3n) is 4.52. The monoisotopic (exact) mass is 384 g/mol. The summed E-state index contributed by atoms with van der Waals surface area (Å²) in [5.74, 6) is 1.45. The molecule has 0 aliphatic carbocycles. The van der Waals surface area contributed by atoms with Crippen molar-refractivity contribution in [1.82, 2.24) is 14.5 Å². The Labute approximate surface area is 162 Å². The lowest BCUT2D eigenvalue weighted by atomic mass is 10.1. The summed E-state index contributed by atoms with van der Waals surface area (Å²) in [4.78, 5) is 19.4. The second kappa shape index (κ2) is 8.55. The zero-order valence-electron chi connectivity index (χ0n) is 16.0. The summed E-state index contributed by atoms with van der Waals surface area (Å²) in [6, 6.07) is 6.42. The predicted molar refractivity (Wildman–Crippen MR) is 109 cm³/mol. The first-order valence-corrected chi connectivity index (χ1v) is 9.21. The number of nitrogens with one attached hydrogen (secondary N) is 1. The fourth-order valence-electron chi connectivity index (χ4n) is 3.15. The van der Waals surface area contributed by atoms with Crippen LogP contribution in [0.1, 0.15) is 31.7 Å². The maximum Gasteiger partial charge on any atom is 0.270 e. The molecule has 0 saturated carbocycles. The highest BCUT2D eigenvalue weighted by molar-refractivity contribution is 5.87. The number of fused-ring (bicyclic) bond motifs is 1. The molecular formula is C19H24N6O3. The summed E-state index contributed by atoms with van der Waals surface area (Å²) in [5, 5.41) is 14.5. The van der Waals surface area contributed by atoms with Crippen LogP contribution in [0.2, 0.25) is 0 Å². The number of ether oxygens (including phenoxy) is 1. The lowest BCUT2D eigenvalue weighted by molar-refractivity contribution is -0.384. The normalized spacial score (nSPS) is 10.9. The van der Waals surface area contributed by atoms with Gasteiger partial charge in [-0.05, 0) is 18.6 Å². The van der Waals surface area contributed by atoms with Gasteiger partial charge in [-0.15, -0.1) is 0 Å². The Morgan fingerprint density at radius 1 is 1.29 bits per heavy atom. The number of nitrogens with two attached hydrogens (primary N) is 1. The van der Waals surface area contributed by atoms with Crippen LogP contribution < -0.4 is 15.8 Å². The van der Waals surface area contributed by atoms with Crippen molar-refractivity contribution < 1.29 is 9.66 Å². The Bertz CT molecular complexity index is 985. The molecule has 2 aromatic heterocycles. The molecule has 0 fully saturated rings. The molecule has 0 bridgehead atoms. The highest BCUT2D eigenvalue weighted by atomic mass is 16.6. The Morgan fingerprint density at radius 3 is 2.82 bits per heavy atom. The molecule has 0 saturated heterocycles. The second-order valence-corrected chi connectivity index (χ2v) is 6.50. The molecule has 3 aromatic rings. The minimum atomic E-state index is -0.415. The van der Waals surface area contributed by atoms with E-state index >= 15 is 0 Å². The van der Waals surface area contributed by atoms with Gasteiger partial charge in [-0.25, -0.2) is 4.98 Å². The van der Waals surface area contributed by atoms with E-state index in [1.165, 1.54) is 12.1 Å². The first-order valence-electron chi connectivity index (χ1n) is 9.21. The number of unbranched alkanes of at least 4 members (excludes halogenated alkanes) is 2. The van der Waals surface area contributed by atoms with Gasteiger partial charge in [-0.3, -0.25) is 10.1 Å². The van der Waals surface area contributed by atoms with Crippen molar-refractivity contribution in [3.8, 4) is 5.75 Å². The van der Waals surface area contributed by atoms with Crippen LogP contribution in [0.25, 0.3) is 11.0 Å². The Balaban J connectivity index is 1.97. The van der Waals surface area contributed by atoms with E-state index in [2.05, 4.69) is 22.2 Å². The number of aromatic nitrogens is 3. The molecule has 0 aliphatic heterocycles. The van der Waals surface area contributed by atoms with Crippen molar-refractivity contribution in [3.05, 3.63) is 46.1 Å². The first-order chi connectivity index (χ1) is 13.5. The second-order valence-electron chi connectivity index (χ2n) is 6.50. The minimum Gasteiger partial charge on any atom is -0.496 e. The predicted octanol–water partition coefficient (Wildman–Crippen LogP) is 3.58. The maximum atomic E-state index is 11.1. The largest absolute Gasteiger partial charge is 0.496 e. The first kappa shape index (κ1) is 19.4. The van der Waals surface area contributed by atoms with Gasteiger partial charge >= 0.3 is 0 Å². The van der Waals surface area contributed by atoms with E-state index in [1.54, 1.807) is 13.2 Å². The standard InChI is InChI=1S/C19H24N6O3/c1-3-4-5-9-21-18-17-15(22-19(20)23-18)8-10-24(17)12-13-11-14(25(26)27)6-7-16(13)28-2/h6-8,10-11H,3-5,9,12H2,1-2H3,(H3,20,21,22,23). The van der Waals surface area contributed by atoms with Crippen molar-refractivity contribution in [2.75, 3.05) is 24.7 Å². The highest BCUT2D eigenvalue weighted by Crippen LogP contribution is 2.28. The molecule has 0 unspecified atom stereocenters. The number of nitro benzene ring substituents is 1. The van der Waals surface area contributed by atoms with Gasteiger partial charge in [-0.1, -0.05) is 19.8 Å². The summed E-state index contributed by atoms with van der Waals surface area (Å²) in [6.07, 6.45) is 5.16. The number of nitrogens with zero attached hydrogens (tertiary/aromatic N) is 4. The van der Waals surface area contributed by atoms with Crippen LogP contribution in [0.4, 0.5) is 17.5 Å². The van der Waals surface area contributed by atoms with Crippen molar-refractivity contribution in [2.24, 2.45) is 0 Å². The van der Waals surface area contributed by atoms with Crippen molar-refractivity contribution in [2.45, 2.75) is 32.7 Å². The average Bonchev–Trinajstić information content (AvgIpc) is 3.07. The molecule has 0 atom stereocenters. The SMILES string of the molecule is CCCCCNc1nc(N)nc2ccn(Cc3cc([N+](=O)[O-])ccc3OC)c12. The minimum absolute atomic E-state index is 0.0191. The van der Waals surface area contributed by atoms with E-state index in [0.717, 1.165) is 36.8 Å². The molecule has 9 nitrogen and oxygen atoms in total. The van der Waals surface area contributed by atoms with Gasteiger partial charge in [0.25, 0.3) is 5.69 Å². The van der Waals surface area contributed by atoms with Crippen LogP contribution in [0, 0.1) is 10.1 Å². The van der Waals surface area contributed by atoms with Crippen molar-refractivity contribution in [1.29, 1.82) is 0 Å². The van der Waals surface area contributed by atoms with E-state index in [4.69, 9.17) is 10.5 Å². The topological polar surface area (TPSA) is 121 Å². The van der Waals surface area contributed by atoms with Crippen LogP contribution in [0.5, 0.6) is 5.75 Å². The van der Waals surface area contributed by atoms with Gasteiger partial charge in [-0.2, -0.15) is 4.98 Å². The molecule has 28 heavy (non-hydrogen) atoms. The summed E-state index contributed by atoms with van der Waals surface area (Å²) >= 11 is 0. The summed E-state index contributed by atoms with van der Waals surface area (Å²) < 4.78 is 7.32. The number of benzene rings is 1. The third-order valence-corrected chi connectivity index (χ3v) is 4.52. The summed E-state index contributed by atoms with van der Waals surface area (Å²) in [6.45, 7) is 3.31. The quantitative estimate of drug-likeness (QED) is 0.328. The Hall–Kier alpha value is -3.36. The fourth-order valence-corrected chi connectivity index (χ4v) is 3.15. The molecule has 0 aliphatic rings. The molecule has 0 radical (unpaired) electrons. The molecule has 1 aromatic carbocycles. The fraction of sp³-hybridized carbons (Fsp3) is 0.368. The lowest BCUT2D eigenvalue weighted by Crippen LogP contribution is -2.09. The molecule has 9 heteroatoms. The molecule has 0 spiro atoms. The van der Waals surface area contributed by atoms with Crippen LogP contribution in [0.3, 0.4) is 0 Å². The van der Waals surface area contributed by atoms with E-state index < -0.39 is 4.92 Å². The molecule has 0 amide bonds. The molecule has 3 N–H and O–H groups in total. The number of non-ortho nitro benzene ring substituents is 1. The molecular weight excluding hydrogens is 360 g/mol. The van der Waals surface area contributed by atoms with E-state index in [0.29, 0.717) is 23.7 Å². The Kier molecular flexibility index (Phi) is 5.93. The molecule has 148 valence electrons.